The van der Waals surface area contributed by atoms with Gasteiger partial charge in [-0.15, -0.1) is 0 Å². The first-order valence-corrected chi connectivity index (χ1v) is 18.6. The SMILES string of the molecule is c1ccc2c(c1)Oc1ccccc1N2c1ccc2c(c1)Sc1cc(-n3c4ccccc4c4ccccc43)ccc1C21c2cccnc2-c2ncccc21. The molecule has 0 atom stereocenters. The topological polar surface area (TPSA) is 43.2 Å². The van der Waals surface area contributed by atoms with E-state index in [0.717, 1.165) is 56.8 Å². The summed E-state index contributed by atoms with van der Waals surface area (Å²) in [6.45, 7) is 0. The molecule has 3 aromatic heterocycles. The van der Waals surface area contributed by atoms with E-state index in [9.17, 15) is 0 Å². The number of ether oxygens (including phenoxy) is 1. The lowest BCUT2D eigenvalue weighted by molar-refractivity contribution is 0.477. The summed E-state index contributed by atoms with van der Waals surface area (Å²) in [5.74, 6) is 1.68. The second-order valence-corrected chi connectivity index (χ2v) is 14.8. The first kappa shape index (κ1) is 29.0. The summed E-state index contributed by atoms with van der Waals surface area (Å²) in [6, 6.07) is 56.6. The van der Waals surface area contributed by atoms with Crippen molar-refractivity contribution < 1.29 is 4.74 Å². The number of hydrogen-bond acceptors (Lipinski definition) is 5. The summed E-state index contributed by atoms with van der Waals surface area (Å²) in [5, 5.41) is 2.50. The van der Waals surface area contributed by atoms with Crippen LogP contribution in [0.4, 0.5) is 17.1 Å². The summed E-state index contributed by atoms with van der Waals surface area (Å²) in [5.41, 5.74) is 12.7. The van der Waals surface area contributed by atoms with E-state index in [1.165, 1.54) is 42.7 Å². The molecule has 5 nitrogen and oxygen atoms in total. The zero-order valence-electron chi connectivity index (χ0n) is 28.3. The van der Waals surface area contributed by atoms with Crippen molar-refractivity contribution in [2.45, 2.75) is 15.2 Å². The van der Waals surface area contributed by atoms with Gasteiger partial charge in [-0.05, 0) is 95.1 Å². The van der Waals surface area contributed by atoms with Crippen molar-refractivity contribution in [1.29, 1.82) is 0 Å². The predicted octanol–water partition coefficient (Wildman–Crippen LogP) is 12.0. The van der Waals surface area contributed by atoms with Crippen LogP contribution < -0.4 is 9.64 Å². The molecule has 9 aromatic rings. The van der Waals surface area contributed by atoms with Gasteiger partial charge in [0.15, 0.2) is 11.5 Å². The summed E-state index contributed by atoms with van der Waals surface area (Å²) in [4.78, 5) is 14.7. The van der Waals surface area contributed by atoms with Crippen LogP contribution in [0.1, 0.15) is 22.3 Å². The van der Waals surface area contributed by atoms with Gasteiger partial charge in [-0.2, -0.15) is 0 Å². The highest BCUT2D eigenvalue weighted by molar-refractivity contribution is 7.99. The molecule has 1 spiro atoms. The minimum absolute atomic E-state index is 0.595. The van der Waals surface area contributed by atoms with Crippen molar-refractivity contribution in [2.24, 2.45) is 0 Å². The van der Waals surface area contributed by atoms with Gasteiger partial charge >= 0.3 is 0 Å². The van der Waals surface area contributed by atoms with Crippen LogP contribution in [0.25, 0.3) is 38.9 Å². The fourth-order valence-electron chi connectivity index (χ4n) is 9.05. The van der Waals surface area contributed by atoms with E-state index in [0.29, 0.717) is 0 Å². The summed E-state index contributed by atoms with van der Waals surface area (Å²) < 4.78 is 8.80. The molecule has 0 radical (unpaired) electrons. The molecule has 5 heterocycles. The molecular formula is C47H28N4OS. The Balaban J connectivity index is 1.13. The van der Waals surface area contributed by atoms with Gasteiger partial charge < -0.3 is 14.2 Å². The Hall–Kier alpha value is -6.63. The second kappa shape index (κ2) is 10.7. The molecule has 0 saturated carbocycles. The quantitative estimate of drug-likeness (QED) is 0.180. The average Bonchev–Trinajstić information content (AvgIpc) is 3.71. The number of anilines is 3. The predicted molar refractivity (Wildman–Crippen MR) is 213 cm³/mol. The number of fused-ring (bicyclic) bond motifs is 14. The lowest BCUT2D eigenvalue weighted by Crippen LogP contribution is -2.32. The number of aromatic nitrogens is 3. The van der Waals surface area contributed by atoms with Crippen LogP contribution in [-0.4, -0.2) is 14.5 Å². The maximum Gasteiger partial charge on any atom is 0.151 e. The monoisotopic (exact) mass is 696 g/mol. The highest BCUT2D eigenvalue weighted by atomic mass is 32.2. The third-order valence-corrected chi connectivity index (χ3v) is 12.3. The van der Waals surface area contributed by atoms with Crippen LogP contribution in [0.3, 0.4) is 0 Å². The fraction of sp³-hybridized carbons (Fsp3) is 0.0213. The number of nitrogens with zero attached hydrogens (tertiary/aromatic N) is 4. The molecule has 0 fully saturated rings. The van der Waals surface area contributed by atoms with Crippen LogP contribution in [0, 0.1) is 0 Å². The molecule has 0 amide bonds. The maximum absolute atomic E-state index is 6.39. The minimum Gasteiger partial charge on any atom is -0.453 e. The molecule has 0 saturated heterocycles. The number of rotatable bonds is 2. The van der Waals surface area contributed by atoms with Crippen molar-refractivity contribution in [2.75, 3.05) is 4.90 Å². The molecule has 0 unspecified atom stereocenters. The Morgan fingerprint density at radius 1 is 0.472 bits per heavy atom. The number of para-hydroxylation sites is 6. The highest BCUT2D eigenvalue weighted by Gasteiger charge is 2.51. The fourth-order valence-corrected chi connectivity index (χ4v) is 10.3. The maximum atomic E-state index is 6.39. The van der Waals surface area contributed by atoms with E-state index >= 15 is 0 Å². The molecule has 2 aliphatic heterocycles. The summed E-state index contributed by atoms with van der Waals surface area (Å²) in [7, 11) is 0. The van der Waals surface area contributed by atoms with Gasteiger partial charge in [-0.25, -0.2) is 0 Å². The average molecular weight is 697 g/mol. The highest BCUT2D eigenvalue weighted by Crippen LogP contribution is 2.62. The normalized spacial score (nSPS) is 14.2. The van der Waals surface area contributed by atoms with Crippen LogP contribution in [0.2, 0.25) is 0 Å². The van der Waals surface area contributed by atoms with Crippen molar-refractivity contribution in [3.05, 3.63) is 192 Å². The number of benzene rings is 6. The van der Waals surface area contributed by atoms with Crippen LogP contribution in [-0.2, 0) is 5.41 Å². The summed E-state index contributed by atoms with van der Waals surface area (Å²) in [6.07, 6.45) is 3.77. The molecule has 0 N–H and O–H groups in total. The standard InChI is InChI=1S/C47H28N4OS/c1-3-15-37-31(11-1)32-12-2-4-16-38(32)50(37)29-21-23-33-43(27-29)53-44-28-30(51-39-17-5-7-19-41(39)52-42-20-8-6-18-40(42)51)22-24-34(44)47(33)35-13-9-25-48-45(35)46-36(47)14-10-26-49-46/h1-28H. The molecule has 6 aromatic carbocycles. The van der Waals surface area contributed by atoms with Crippen molar-refractivity contribution in [3.8, 4) is 28.6 Å². The lowest BCUT2D eigenvalue weighted by Gasteiger charge is -2.40. The Morgan fingerprint density at radius 3 is 1.58 bits per heavy atom. The van der Waals surface area contributed by atoms with Crippen molar-refractivity contribution in [3.63, 3.8) is 0 Å². The minimum atomic E-state index is -0.595. The van der Waals surface area contributed by atoms with Gasteiger partial charge in [-0.1, -0.05) is 96.7 Å². The lowest BCUT2D eigenvalue weighted by atomic mass is 9.67. The third-order valence-electron chi connectivity index (χ3n) is 11.1. The molecule has 0 bridgehead atoms. The molecular weight excluding hydrogens is 669 g/mol. The van der Waals surface area contributed by atoms with Gasteiger partial charge in [0, 0.05) is 44.3 Å². The van der Waals surface area contributed by atoms with Crippen molar-refractivity contribution in [1.82, 2.24) is 14.5 Å². The zero-order valence-corrected chi connectivity index (χ0v) is 29.1. The smallest absolute Gasteiger partial charge is 0.151 e. The zero-order chi connectivity index (χ0) is 34.7. The Labute approximate surface area is 309 Å². The molecule has 53 heavy (non-hydrogen) atoms. The van der Waals surface area contributed by atoms with Gasteiger partial charge in [0.25, 0.3) is 0 Å². The van der Waals surface area contributed by atoms with E-state index in [1.807, 2.05) is 48.4 Å². The first-order valence-electron chi connectivity index (χ1n) is 17.8. The van der Waals surface area contributed by atoms with E-state index < -0.39 is 5.41 Å². The van der Waals surface area contributed by atoms with Gasteiger partial charge in [0.2, 0.25) is 0 Å². The van der Waals surface area contributed by atoms with E-state index in [1.54, 1.807) is 0 Å². The molecule has 12 rings (SSSR count). The first-order chi connectivity index (χ1) is 26.3. The Bertz CT molecular complexity index is 2860. The van der Waals surface area contributed by atoms with Crippen LogP contribution >= 0.6 is 11.8 Å². The Kier molecular flexibility index (Phi) is 5.85. The van der Waals surface area contributed by atoms with Gasteiger partial charge in [-0.3, -0.25) is 9.97 Å². The molecule has 3 aliphatic rings. The molecule has 6 heteroatoms. The van der Waals surface area contributed by atoms with Crippen LogP contribution in [0.15, 0.2) is 180 Å². The third kappa shape index (κ3) is 3.82. The second-order valence-electron chi connectivity index (χ2n) is 13.8. The molecule has 1 aliphatic carbocycles. The van der Waals surface area contributed by atoms with Crippen molar-refractivity contribution >= 4 is 50.6 Å². The van der Waals surface area contributed by atoms with Gasteiger partial charge in [0.05, 0.1) is 39.2 Å². The number of hydrogen-bond donors (Lipinski definition) is 0. The Morgan fingerprint density at radius 2 is 0.981 bits per heavy atom. The number of pyridine rings is 2. The molecule has 248 valence electrons. The van der Waals surface area contributed by atoms with Gasteiger partial charge in [0.1, 0.15) is 0 Å². The largest absolute Gasteiger partial charge is 0.453 e. The van der Waals surface area contributed by atoms with E-state index in [2.05, 4.69) is 143 Å². The van der Waals surface area contributed by atoms with Crippen LogP contribution in [0.5, 0.6) is 11.5 Å². The van der Waals surface area contributed by atoms with E-state index in [-0.39, 0.29) is 0 Å². The summed E-state index contributed by atoms with van der Waals surface area (Å²) >= 11 is 1.84. The van der Waals surface area contributed by atoms with E-state index in [4.69, 9.17) is 14.7 Å².